The smallest absolute Gasteiger partial charge is 0.411 e. The summed E-state index contributed by atoms with van der Waals surface area (Å²) < 4.78 is 27.1. The monoisotopic (exact) mass is 518 g/mol. The summed E-state index contributed by atoms with van der Waals surface area (Å²) in [7, 11) is 4.46. The van der Waals surface area contributed by atoms with Crippen molar-refractivity contribution in [2.75, 3.05) is 39.9 Å². The van der Waals surface area contributed by atoms with Gasteiger partial charge in [0.05, 0.1) is 40.2 Å². The van der Waals surface area contributed by atoms with Gasteiger partial charge in [0.15, 0.2) is 17.3 Å². The summed E-state index contributed by atoms with van der Waals surface area (Å²) in [6.45, 7) is 6.39. The van der Waals surface area contributed by atoms with Gasteiger partial charge in [0, 0.05) is 28.9 Å². The number of nitrogens with zero attached hydrogens (tertiary/aromatic N) is 1. The summed E-state index contributed by atoms with van der Waals surface area (Å²) in [5, 5.41) is 3.88. The molecule has 0 bridgehead atoms. The van der Waals surface area contributed by atoms with E-state index in [-0.39, 0.29) is 30.7 Å². The average molecular weight is 519 g/mol. The van der Waals surface area contributed by atoms with Crippen LogP contribution in [0, 0.1) is 5.92 Å². The van der Waals surface area contributed by atoms with Gasteiger partial charge in [-0.2, -0.15) is 0 Å². The van der Waals surface area contributed by atoms with Crippen LogP contribution in [0.5, 0.6) is 23.0 Å². The second-order valence-corrected chi connectivity index (χ2v) is 8.01. The molecule has 0 unspecified atom stereocenters. The fraction of sp³-hybridized carbons (Fsp3) is 0.346. The van der Waals surface area contributed by atoms with Crippen LogP contribution in [0.3, 0.4) is 0 Å². The molecule has 3 rings (SSSR count). The summed E-state index contributed by atoms with van der Waals surface area (Å²) in [5.74, 6) is 1.43. The highest BCUT2D eigenvalue weighted by Gasteiger charge is 2.22. The van der Waals surface area contributed by atoms with Crippen molar-refractivity contribution in [3.63, 3.8) is 0 Å². The topological polar surface area (TPSA) is 105 Å². The fourth-order valence-corrected chi connectivity index (χ4v) is 3.56. The van der Waals surface area contributed by atoms with Gasteiger partial charge in [-0.25, -0.2) is 4.79 Å². The number of ketones is 1. The van der Waals surface area contributed by atoms with E-state index < -0.39 is 6.09 Å². The lowest BCUT2D eigenvalue weighted by Gasteiger charge is -2.17. The van der Waals surface area contributed by atoms with E-state index in [1.165, 1.54) is 27.5 Å². The Kier molecular flexibility index (Phi) is 10.2. The zero-order chi connectivity index (χ0) is 25.5. The molecule has 1 amide bonds. The molecule has 0 atom stereocenters. The number of amides is 1. The summed E-state index contributed by atoms with van der Waals surface area (Å²) >= 11 is 0. The maximum Gasteiger partial charge on any atom is 0.411 e. The molecule has 0 saturated carbocycles. The molecule has 36 heavy (non-hydrogen) atoms. The zero-order valence-corrected chi connectivity index (χ0v) is 22.0. The third-order valence-electron chi connectivity index (χ3n) is 5.15. The van der Waals surface area contributed by atoms with Crippen LogP contribution in [-0.4, -0.2) is 51.4 Å². The number of carbonyl (C=O) groups excluding carboxylic acids is 2. The maximum absolute atomic E-state index is 13.6. The van der Waals surface area contributed by atoms with Crippen molar-refractivity contribution >= 4 is 40.7 Å². The summed E-state index contributed by atoms with van der Waals surface area (Å²) in [6.07, 6.45) is 2.44. The van der Waals surface area contributed by atoms with Gasteiger partial charge in [-0.15, -0.1) is 12.4 Å². The largest absolute Gasteiger partial charge is 0.493 e. The van der Waals surface area contributed by atoms with Crippen molar-refractivity contribution in [3.05, 3.63) is 47.8 Å². The van der Waals surface area contributed by atoms with E-state index in [0.717, 1.165) is 0 Å². The van der Waals surface area contributed by atoms with Crippen molar-refractivity contribution in [3.8, 4) is 23.0 Å². The number of ether oxygens (including phenoxy) is 5. The summed E-state index contributed by atoms with van der Waals surface area (Å²) in [6, 6.07) is 6.63. The van der Waals surface area contributed by atoms with Crippen LogP contribution in [0.2, 0.25) is 0 Å². The molecule has 1 N–H and O–H groups in total. The molecule has 0 radical (unpaired) electrons. The first-order chi connectivity index (χ1) is 16.8. The second-order valence-electron chi connectivity index (χ2n) is 8.01. The predicted molar refractivity (Wildman–Crippen MR) is 139 cm³/mol. The van der Waals surface area contributed by atoms with Crippen molar-refractivity contribution in [1.82, 2.24) is 4.98 Å². The first kappa shape index (κ1) is 28.5. The van der Waals surface area contributed by atoms with Crippen LogP contribution in [-0.2, 0) is 4.74 Å². The van der Waals surface area contributed by atoms with Gasteiger partial charge in [-0.05, 0) is 42.5 Å². The van der Waals surface area contributed by atoms with Gasteiger partial charge in [-0.1, -0.05) is 13.8 Å². The minimum Gasteiger partial charge on any atom is -0.493 e. The van der Waals surface area contributed by atoms with Gasteiger partial charge in [0.2, 0.25) is 5.75 Å². The molecule has 3 aromatic rings. The SMILES string of the molecule is CCOc1ccc2c(C(=O)c3cc(OC)c(OC)c(OC)c3)cncc2c1NC(=O)OCC(C)C.Cl. The number of benzene rings is 2. The first-order valence-electron chi connectivity index (χ1n) is 11.2. The third kappa shape index (κ3) is 6.09. The van der Waals surface area contributed by atoms with Gasteiger partial charge in [-0.3, -0.25) is 15.1 Å². The van der Waals surface area contributed by atoms with Crippen LogP contribution >= 0.6 is 12.4 Å². The quantitative estimate of drug-likeness (QED) is 0.350. The molecule has 0 saturated heterocycles. The molecule has 0 spiro atoms. The van der Waals surface area contributed by atoms with E-state index in [9.17, 15) is 9.59 Å². The molecule has 10 heteroatoms. The highest BCUT2D eigenvalue weighted by atomic mass is 35.5. The highest BCUT2D eigenvalue weighted by molar-refractivity contribution is 6.18. The molecule has 0 aliphatic carbocycles. The normalized spacial score (nSPS) is 10.4. The molecular weight excluding hydrogens is 488 g/mol. The number of fused-ring (bicyclic) bond motifs is 1. The minimum atomic E-state index is -0.617. The second kappa shape index (κ2) is 12.8. The van der Waals surface area contributed by atoms with Gasteiger partial charge in [0.25, 0.3) is 0 Å². The number of hydrogen-bond donors (Lipinski definition) is 1. The minimum absolute atomic E-state index is 0. The lowest BCUT2D eigenvalue weighted by atomic mass is 9.98. The number of methoxy groups -OCH3 is 3. The number of carbonyl (C=O) groups is 2. The molecule has 1 heterocycles. The van der Waals surface area contributed by atoms with Crippen LogP contribution < -0.4 is 24.3 Å². The fourth-order valence-electron chi connectivity index (χ4n) is 3.56. The number of anilines is 1. The number of rotatable bonds is 10. The number of hydrogen-bond acceptors (Lipinski definition) is 8. The lowest BCUT2D eigenvalue weighted by molar-refractivity contribution is 0.103. The van der Waals surface area contributed by atoms with Crippen LogP contribution in [0.1, 0.15) is 36.7 Å². The number of aromatic nitrogens is 1. The molecule has 194 valence electrons. The Morgan fingerprint density at radius 3 is 2.17 bits per heavy atom. The Bertz CT molecular complexity index is 1210. The Labute approximate surface area is 216 Å². The molecule has 9 nitrogen and oxygen atoms in total. The van der Waals surface area contributed by atoms with E-state index in [4.69, 9.17) is 23.7 Å². The van der Waals surface area contributed by atoms with Gasteiger partial charge < -0.3 is 23.7 Å². The summed E-state index contributed by atoms with van der Waals surface area (Å²) in [5.41, 5.74) is 1.04. The summed E-state index contributed by atoms with van der Waals surface area (Å²) in [4.78, 5) is 30.3. The number of halogens is 1. The van der Waals surface area contributed by atoms with Gasteiger partial charge >= 0.3 is 6.09 Å². The molecule has 0 fully saturated rings. The third-order valence-corrected chi connectivity index (χ3v) is 5.15. The van der Waals surface area contributed by atoms with Crippen LogP contribution in [0.25, 0.3) is 10.8 Å². The Morgan fingerprint density at radius 1 is 0.944 bits per heavy atom. The van der Waals surface area contributed by atoms with Crippen molar-refractivity contribution < 1.29 is 33.3 Å². The van der Waals surface area contributed by atoms with Crippen LogP contribution in [0.15, 0.2) is 36.7 Å². The van der Waals surface area contributed by atoms with E-state index in [0.29, 0.717) is 57.2 Å². The molecule has 0 aliphatic heterocycles. The molecule has 1 aromatic heterocycles. The Balaban J connectivity index is 0.00000456. The van der Waals surface area contributed by atoms with Crippen molar-refractivity contribution in [1.29, 1.82) is 0 Å². The van der Waals surface area contributed by atoms with Crippen molar-refractivity contribution in [2.45, 2.75) is 20.8 Å². The standard InChI is InChI=1S/C26H30N2O7.ClH/c1-7-34-20-9-8-17-18(23(20)28-26(30)35-14-15(2)3)12-27-13-19(17)24(29)16-10-21(31-4)25(33-6)22(11-16)32-5;/h8-13,15H,7,14H2,1-6H3,(H,28,30);1H. The van der Waals surface area contributed by atoms with Crippen molar-refractivity contribution in [2.24, 2.45) is 5.92 Å². The van der Waals surface area contributed by atoms with E-state index >= 15 is 0 Å². The highest BCUT2D eigenvalue weighted by Crippen LogP contribution is 2.40. The van der Waals surface area contributed by atoms with Crippen LogP contribution in [0.4, 0.5) is 10.5 Å². The first-order valence-corrected chi connectivity index (χ1v) is 11.2. The molecule has 0 aliphatic rings. The Hall–Kier alpha value is -3.72. The van der Waals surface area contributed by atoms with E-state index in [1.54, 1.807) is 30.5 Å². The maximum atomic E-state index is 13.6. The molecule has 2 aromatic carbocycles. The number of nitrogens with one attached hydrogen (secondary N) is 1. The lowest BCUT2D eigenvalue weighted by Crippen LogP contribution is -2.17. The molecular formula is C26H31ClN2O7. The van der Waals surface area contributed by atoms with E-state index in [1.807, 2.05) is 20.8 Å². The Morgan fingerprint density at radius 2 is 1.61 bits per heavy atom. The zero-order valence-electron chi connectivity index (χ0n) is 21.2. The predicted octanol–water partition coefficient (Wildman–Crippen LogP) is 5.52. The number of pyridine rings is 1. The van der Waals surface area contributed by atoms with E-state index in [2.05, 4.69) is 10.3 Å². The van der Waals surface area contributed by atoms with Gasteiger partial charge in [0.1, 0.15) is 5.75 Å². The average Bonchev–Trinajstić information content (AvgIpc) is 2.87.